The lowest BCUT2D eigenvalue weighted by atomic mass is 9.48. The molecule has 2 nitrogen and oxygen atoms in total. The predicted molar refractivity (Wildman–Crippen MR) is 80.3 cm³/mol. The summed E-state index contributed by atoms with van der Waals surface area (Å²) in [6.45, 7) is 4.08. The molecular weight excluding hydrogens is 246 g/mol. The third-order valence-corrected chi connectivity index (χ3v) is 6.30. The highest BCUT2D eigenvalue weighted by Crippen LogP contribution is 2.62. The zero-order chi connectivity index (χ0) is 13.9. The molecule has 4 saturated carbocycles. The minimum absolute atomic E-state index is 0.170. The lowest BCUT2D eigenvalue weighted by molar-refractivity contribution is -0.0605. The van der Waals surface area contributed by atoms with E-state index in [0.717, 1.165) is 29.3 Å². The average molecular weight is 273 g/mol. The van der Waals surface area contributed by atoms with Crippen LogP contribution in [0.5, 0.6) is 0 Å². The number of nitrogens with two attached hydrogens (primary N) is 1. The van der Waals surface area contributed by atoms with Crippen molar-refractivity contribution in [3.63, 3.8) is 0 Å². The van der Waals surface area contributed by atoms with Crippen molar-refractivity contribution in [3.8, 4) is 0 Å². The van der Waals surface area contributed by atoms with Crippen LogP contribution in [0, 0.1) is 37.0 Å². The molecule has 2 heteroatoms. The molecule has 0 aromatic carbocycles. The Labute approximate surface area is 122 Å². The third kappa shape index (κ3) is 2.04. The first-order valence-electron chi connectivity index (χ1n) is 8.35. The van der Waals surface area contributed by atoms with Crippen LogP contribution in [0.3, 0.4) is 0 Å². The van der Waals surface area contributed by atoms with Gasteiger partial charge in [0, 0.05) is 11.6 Å². The molecule has 1 unspecified atom stereocenters. The Balaban J connectivity index is 1.55. The molecule has 4 aliphatic rings. The number of rotatable bonds is 3. The van der Waals surface area contributed by atoms with Crippen molar-refractivity contribution in [1.29, 1.82) is 0 Å². The van der Waals surface area contributed by atoms with Crippen LogP contribution in [-0.4, -0.2) is 0 Å². The highest BCUT2D eigenvalue weighted by atomic mass is 16.3. The van der Waals surface area contributed by atoms with Gasteiger partial charge in [0.15, 0.2) is 0 Å². The van der Waals surface area contributed by atoms with E-state index in [1.807, 2.05) is 6.92 Å². The molecule has 0 spiro atoms. The van der Waals surface area contributed by atoms with Gasteiger partial charge in [0.2, 0.25) is 0 Å². The summed E-state index contributed by atoms with van der Waals surface area (Å²) in [6.07, 6.45) is 10.1. The van der Waals surface area contributed by atoms with Crippen molar-refractivity contribution in [2.45, 2.75) is 64.8 Å². The summed E-state index contributed by atoms with van der Waals surface area (Å²) in [5, 5.41) is 0. The number of furan rings is 1. The maximum Gasteiger partial charge on any atom is 0.105 e. The standard InChI is InChI=1S/C18H27NO/c1-11-3-16(12(2)20-11)17(19)10-18-7-13-4-14(8-18)6-15(5-13)9-18/h3,13-15,17H,4-10,19H2,1-2H3. The van der Waals surface area contributed by atoms with E-state index < -0.39 is 0 Å². The van der Waals surface area contributed by atoms with Gasteiger partial charge in [-0.2, -0.15) is 0 Å². The van der Waals surface area contributed by atoms with Crippen molar-refractivity contribution >= 4 is 0 Å². The Morgan fingerprint density at radius 1 is 1.15 bits per heavy atom. The van der Waals surface area contributed by atoms with E-state index in [1.54, 1.807) is 0 Å². The first kappa shape index (κ1) is 12.9. The molecular formula is C18H27NO. The van der Waals surface area contributed by atoms with Crippen molar-refractivity contribution < 1.29 is 4.42 Å². The van der Waals surface area contributed by atoms with Crippen LogP contribution in [0.15, 0.2) is 10.5 Å². The normalized spacial score (nSPS) is 40.2. The van der Waals surface area contributed by atoms with Crippen LogP contribution in [0.25, 0.3) is 0 Å². The van der Waals surface area contributed by atoms with Gasteiger partial charge in [0.05, 0.1) is 0 Å². The maximum absolute atomic E-state index is 6.57. The zero-order valence-electron chi connectivity index (χ0n) is 12.8. The van der Waals surface area contributed by atoms with Gasteiger partial charge in [-0.3, -0.25) is 0 Å². The smallest absolute Gasteiger partial charge is 0.105 e. The SMILES string of the molecule is Cc1cc(C(N)CC23CC4CC(CC(C4)C2)C3)c(C)o1. The molecule has 20 heavy (non-hydrogen) atoms. The lowest BCUT2D eigenvalue weighted by Crippen LogP contribution is -2.47. The molecule has 0 aliphatic heterocycles. The molecule has 1 heterocycles. The summed E-state index contributed by atoms with van der Waals surface area (Å²) in [7, 11) is 0. The van der Waals surface area contributed by atoms with Gasteiger partial charge in [-0.15, -0.1) is 0 Å². The average Bonchev–Trinajstić information content (AvgIpc) is 2.66. The Kier molecular flexibility index (Phi) is 2.82. The van der Waals surface area contributed by atoms with Crippen LogP contribution in [0.4, 0.5) is 0 Å². The molecule has 1 atom stereocenters. The second kappa shape index (κ2) is 4.37. The number of aryl methyl sites for hydroxylation is 2. The van der Waals surface area contributed by atoms with E-state index in [9.17, 15) is 0 Å². The van der Waals surface area contributed by atoms with Crippen LogP contribution in [0.1, 0.15) is 68.1 Å². The third-order valence-electron chi connectivity index (χ3n) is 6.30. The van der Waals surface area contributed by atoms with Crippen molar-refractivity contribution in [2.75, 3.05) is 0 Å². The topological polar surface area (TPSA) is 39.2 Å². The molecule has 0 amide bonds. The highest BCUT2D eigenvalue weighted by molar-refractivity contribution is 5.24. The molecule has 0 saturated heterocycles. The molecule has 4 fully saturated rings. The molecule has 4 aliphatic carbocycles. The molecule has 4 bridgehead atoms. The van der Waals surface area contributed by atoms with E-state index in [4.69, 9.17) is 10.2 Å². The Hall–Kier alpha value is -0.760. The van der Waals surface area contributed by atoms with E-state index in [-0.39, 0.29) is 6.04 Å². The van der Waals surface area contributed by atoms with Crippen LogP contribution in [0.2, 0.25) is 0 Å². The molecule has 1 aromatic rings. The first-order chi connectivity index (χ1) is 9.53. The van der Waals surface area contributed by atoms with E-state index in [2.05, 4.69) is 13.0 Å². The van der Waals surface area contributed by atoms with Crippen molar-refractivity contribution in [3.05, 3.63) is 23.2 Å². The summed E-state index contributed by atoms with van der Waals surface area (Å²) in [5.41, 5.74) is 8.38. The molecule has 0 radical (unpaired) electrons. The molecule has 1 aromatic heterocycles. The van der Waals surface area contributed by atoms with Crippen molar-refractivity contribution in [2.24, 2.45) is 28.9 Å². The highest BCUT2D eigenvalue weighted by Gasteiger charge is 2.51. The Bertz CT molecular complexity index is 480. The monoisotopic (exact) mass is 273 g/mol. The van der Waals surface area contributed by atoms with Gasteiger partial charge in [0.25, 0.3) is 0 Å². The fourth-order valence-electron chi connectivity index (χ4n) is 6.14. The Morgan fingerprint density at radius 3 is 2.15 bits per heavy atom. The largest absolute Gasteiger partial charge is 0.466 e. The van der Waals surface area contributed by atoms with Gasteiger partial charge < -0.3 is 10.2 Å². The van der Waals surface area contributed by atoms with E-state index in [0.29, 0.717) is 5.41 Å². The fourth-order valence-corrected chi connectivity index (χ4v) is 6.14. The van der Waals surface area contributed by atoms with Gasteiger partial charge in [-0.25, -0.2) is 0 Å². The fraction of sp³-hybridized carbons (Fsp3) is 0.778. The molecule has 5 rings (SSSR count). The van der Waals surface area contributed by atoms with Crippen molar-refractivity contribution in [1.82, 2.24) is 0 Å². The minimum Gasteiger partial charge on any atom is -0.466 e. The first-order valence-corrected chi connectivity index (χ1v) is 8.35. The zero-order valence-corrected chi connectivity index (χ0v) is 12.8. The number of hydrogen-bond acceptors (Lipinski definition) is 2. The van der Waals surface area contributed by atoms with E-state index in [1.165, 1.54) is 50.5 Å². The van der Waals surface area contributed by atoms with Gasteiger partial charge in [-0.1, -0.05) is 0 Å². The van der Waals surface area contributed by atoms with Gasteiger partial charge >= 0.3 is 0 Å². The maximum atomic E-state index is 6.57. The predicted octanol–water partition coefficient (Wildman–Crippen LogP) is 4.50. The summed E-state index contributed by atoms with van der Waals surface area (Å²) in [4.78, 5) is 0. The summed E-state index contributed by atoms with van der Waals surface area (Å²) in [5.74, 6) is 5.07. The van der Waals surface area contributed by atoms with Crippen LogP contribution >= 0.6 is 0 Å². The Morgan fingerprint density at radius 2 is 1.70 bits per heavy atom. The van der Waals surface area contributed by atoms with Gasteiger partial charge in [0.1, 0.15) is 11.5 Å². The second-order valence-corrected chi connectivity index (χ2v) is 8.10. The summed E-state index contributed by atoms with van der Waals surface area (Å²) in [6, 6.07) is 2.32. The lowest BCUT2D eigenvalue weighted by Gasteiger charge is -2.57. The summed E-state index contributed by atoms with van der Waals surface area (Å²) < 4.78 is 5.68. The quantitative estimate of drug-likeness (QED) is 0.880. The van der Waals surface area contributed by atoms with E-state index >= 15 is 0 Å². The van der Waals surface area contributed by atoms with Gasteiger partial charge in [-0.05, 0) is 88.0 Å². The van der Waals surface area contributed by atoms with Crippen LogP contribution < -0.4 is 5.73 Å². The summed E-state index contributed by atoms with van der Waals surface area (Å²) >= 11 is 0. The molecule has 2 N–H and O–H groups in total. The minimum atomic E-state index is 0.170. The number of hydrogen-bond donors (Lipinski definition) is 1. The second-order valence-electron chi connectivity index (χ2n) is 8.10. The van der Waals surface area contributed by atoms with Crippen LogP contribution in [-0.2, 0) is 0 Å². The molecule has 110 valence electrons.